The van der Waals surface area contributed by atoms with E-state index in [4.69, 9.17) is 9.47 Å². The number of esters is 1. The Labute approximate surface area is 169 Å². The van der Waals surface area contributed by atoms with Crippen LogP contribution in [0.2, 0.25) is 0 Å². The highest BCUT2D eigenvalue weighted by Crippen LogP contribution is 2.24. The second-order valence-electron chi connectivity index (χ2n) is 6.54. The summed E-state index contributed by atoms with van der Waals surface area (Å²) in [5, 5.41) is 12.6. The molecule has 0 bridgehead atoms. The highest BCUT2D eigenvalue weighted by atomic mass is 16.5. The van der Waals surface area contributed by atoms with Gasteiger partial charge in [0.05, 0.1) is 13.7 Å². The Bertz CT molecular complexity index is 895. The molecule has 2 amide bonds. The van der Waals surface area contributed by atoms with E-state index < -0.39 is 18.0 Å². The molecule has 2 N–H and O–H groups in total. The zero-order chi connectivity index (χ0) is 21.6. The molecule has 0 aromatic heterocycles. The molecule has 0 spiro atoms. The first-order valence-corrected chi connectivity index (χ1v) is 8.90. The van der Waals surface area contributed by atoms with Crippen LogP contribution in [-0.4, -0.2) is 54.6 Å². The summed E-state index contributed by atoms with van der Waals surface area (Å²) in [5.41, 5.74) is 1.59. The van der Waals surface area contributed by atoms with Crippen LogP contribution in [0, 0.1) is 6.92 Å². The molecule has 0 unspecified atom stereocenters. The molecule has 0 aliphatic carbocycles. The van der Waals surface area contributed by atoms with E-state index in [0.717, 1.165) is 10.5 Å². The van der Waals surface area contributed by atoms with Gasteiger partial charge in [0.2, 0.25) is 5.91 Å². The van der Waals surface area contributed by atoms with Gasteiger partial charge in [0.15, 0.2) is 6.10 Å². The molecule has 8 nitrogen and oxygen atoms in total. The molecule has 2 aromatic carbocycles. The molecular formula is C21H24N2O6. The number of aromatic hydroxyl groups is 1. The molecule has 0 saturated carbocycles. The average Bonchev–Trinajstić information content (AvgIpc) is 2.68. The van der Waals surface area contributed by atoms with Gasteiger partial charge in [-0.25, -0.2) is 4.79 Å². The number of amides is 2. The van der Waals surface area contributed by atoms with Gasteiger partial charge in [0, 0.05) is 18.8 Å². The van der Waals surface area contributed by atoms with Gasteiger partial charge >= 0.3 is 5.97 Å². The van der Waals surface area contributed by atoms with Crippen molar-refractivity contribution in [2.24, 2.45) is 0 Å². The number of anilines is 1. The van der Waals surface area contributed by atoms with Crippen molar-refractivity contribution in [1.29, 1.82) is 0 Å². The van der Waals surface area contributed by atoms with Crippen molar-refractivity contribution in [3.63, 3.8) is 0 Å². The summed E-state index contributed by atoms with van der Waals surface area (Å²) in [6.07, 6.45) is -1.14. The van der Waals surface area contributed by atoms with Crippen molar-refractivity contribution >= 4 is 23.5 Å². The summed E-state index contributed by atoms with van der Waals surface area (Å²) in [6.45, 7) is 3.13. The van der Waals surface area contributed by atoms with Gasteiger partial charge in [-0.2, -0.15) is 0 Å². The SMILES string of the molecule is COc1ccc(C(=O)O[C@@H](C)C(=O)N(C)CC(=O)Nc2ccc(C)cc2)c(O)c1. The number of carbonyl (C=O) groups is 3. The van der Waals surface area contributed by atoms with Crippen molar-refractivity contribution < 1.29 is 29.0 Å². The normalized spacial score (nSPS) is 11.3. The summed E-state index contributed by atoms with van der Waals surface area (Å²) >= 11 is 0. The molecule has 2 rings (SSSR count). The van der Waals surface area contributed by atoms with E-state index in [1.807, 2.05) is 19.1 Å². The van der Waals surface area contributed by atoms with Gasteiger partial charge in [0.1, 0.15) is 17.1 Å². The molecule has 1 atom stereocenters. The second kappa shape index (κ2) is 9.59. The Kier molecular flexibility index (Phi) is 7.19. The number of likely N-dealkylation sites (N-methyl/N-ethyl adjacent to an activating group) is 1. The minimum atomic E-state index is -1.14. The van der Waals surface area contributed by atoms with Gasteiger partial charge < -0.3 is 24.8 Å². The second-order valence-corrected chi connectivity index (χ2v) is 6.54. The van der Waals surface area contributed by atoms with Gasteiger partial charge in [-0.3, -0.25) is 9.59 Å². The molecular weight excluding hydrogens is 376 g/mol. The minimum Gasteiger partial charge on any atom is -0.507 e. The van der Waals surface area contributed by atoms with Crippen LogP contribution >= 0.6 is 0 Å². The number of benzene rings is 2. The van der Waals surface area contributed by atoms with Crippen molar-refractivity contribution in [2.75, 3.05) is 26.0 Å². The molecule has 0 aliphatic rings. The fraction of sp³-hybridized carbons (Fsp3) is 0.286. The fourth-order valence-corrected chi connectivity index (χ4v) is 2.53. The van der Waals surface area contributed by atoms with E-state index in [9.17, 15) is 19.5 Å². The van der Waals surface area contributed by atoms with Gasteiger partial charge in [-0.15, -0.1) is 0 Å². The fourth-order valence-electron chi connectivity index (χ4n) is 2.53. The Balaban J connectivity index is 1.91. The number of hydrogen-bond donors (Lipinski definition) is 2. The van der Waals surface area contributed by atoms with Gasteiger partial charge in [-0.1, -0.05) is 17.7 Å². The minimum absolute atomic E-state index is 0.0924. The largest absolute Gasteiger partial charge is 0.507 e. The van der Waals surface area contributed by atoms with Gasteiger partial charge in [0.25, 0.3) is 5.91 Å². The summed E-state index contributed by atoms with van der Waals surface area (Å²) in [5.74, 6) is -1.73. The van der Waals surface area contributed by atoms with E-state index in [2.05, 4.69) is 5.32 Å². The van der Waals surface area contributed by atoms with E-state index in [1.165, 1.54) is 39.3 Å². The van der Waals surface area contributed by atoms with E-state index in [1.54, 1.807) is 12.1 Å². The number of nitrogens with zero attached hydrogens (tertiary/aromatic N) is 1. The third kappa shape index (κ3) is 5.97. The summed E-state index contributed by atoms with van der Waals surface area (Å²) in [7, 11) is 2.87. The van der Waals surface area contributed by atoms with Crippen molar-refractivity contribution in [3.05, 3.63) is 53.6 Å². The Morgan fingerprint density at radius 2 is 1.79 bits per heavy atom. The molecule has 0 radical (unpaired) electrons. The Hall–Kier alpha value is -3.55. The van der Waals surface area contributed by atoms with Crippen molar-refractivity contribution in [3.8, 4) is 11.5 Å². The third-order valence-corrected chi connectivity index (χ3v) is 4.15. The number of hydrogen-bond acceptors (Lipinski definition) is 6. The summed E-state index contributed by atoms with van der Waals surface area (Å²) < 4.78 is 10.1. The maximum atomic E-state index is 12.4. The van der Waals surface area contributed by atoms with E-state index >= 15 is 0 Å². The van der Waals surface area contributed by atoms with Crippen molar-refractivity contribution in [1.82, 2.24) is 4.90 Å². The molecule has 154 valence electrons. The van der Waals surface area contributed by atoms with Crippen LogP contribution in [0.1, 0.15) is 22.8 Å². The van der Waals surface area contributed by atoms with Crippen LogP contribution in [0.5, 0.6) is 11.5 Å². The topological polar surface area (TPSA) is 105 Å². The number of phenolic OH excluding ortho intramolecular Hbond substituents is 1. The highest BCUT2D eigenvalue weighted by molar-refractivity contribution is 5.97. The van der Waals surface area contributed by atoms with Crippen LogP contribution in [0.25, 0.3) is 0 Å². The van der Waals surface area contributed by atoms with Crippen LogP contribution < -0.4 is 10.1 Å². The lowest BCUT2D eigenvalue weighted by atomic mass is 10.2. The third-order valence-electron chi connectivity index (χ3n) is 4.15. The molecule has 0 saturated heterocycles. The first-order chi connectivity index (χ1) is 13.7. The number of phenols is 1. The van der Waals surface area contributed by atoms with E-state index in [0.29, 0.717) is 11.4 Å². The van der Waals surface area contributed by atoms with Crippen molar-refractivity contribution in [2.45, 2.75) is 20.0 Å². The lowest BCUT2D eigenvalue weighted by molar-refractivity contribution is -0.140. The van der Waals surface area contributed by atoms with Gasteiger partial charge in [-0.05, 0) is 38.1 Å². The molecule has 0 aliphatic heterocycles. The lowest BCUT2D eigenvalue weighted by Crippen LogP contribution is -2.41. The van der Waals surface area contributed by atoms with E-state index in [-0.39, 0.29) is 23.8 Å². The number of carbonyl (C=O) groups excluding carboxylic acids is 3. The first kappa shape index (κ1) is 21.7. The molecule has 0 fully saturated rings. The molecule has 8 heteroatoms. The monoisotopic (exact) mass is 400 g/mol. The number of aryl methyl sites for hydroxylation is 1. The average molecular weight is 400 g/mol. The quantitative estimate of drug-likeness (QED) is 0.692. The number of ether oxygens (including phenoxy) is 2. The maximum absolute atomic E-state index is 12.4. The number of rotatable bonds is 7. The first-order valence-electron chi connectivity index (χ1n) is 8.90. The molecule has 2 aromatic rings. The molecule has 29 heavy (non-hydrogen) atoms. The zero-order valence-electron chi connectivity index (χ0n) is 16.8. The Morgan fingerprint density at radius 1 is 1.14 bits per heavy atom. The predicted octanol–water partition coefficient (Wildman–Crippen LogP) is 2.35. The molecule has 0 heterocycles. The van der Waals surface area contributed by atoms with Crippen LogP contribution in [0.3, 0.4) is 0 Å². The zero-order valence-corrected chi connectivity index (χ0v) is 16.8. The van der Waals surface area contributed by atoms with Crippen LogP contribution in [0.4, 0.5) is 5.69 Å². The number of nitrogens with one attached hydrogen (secondary N) is 1. The summed E-state index contributed by atoms with van der Waals surface area (Å²) in [4.78, 5) is 37.9. The van der Waals surface area contributed by atoms with Crippen LogP contribution in [-0.2, 0) is 14.3 Å². The smallest absolute Gasteiger partial charge is 0.342 e. The van der Waals surface area contributed by atoms with Crippen LogP contribution in [0.15, 0.2) is 42.5 Å². The highest BCUT2D eigenvalue weighted by Gasteiger charge is 2.25. The lowest BCUT2D eigenvalue weighted by Gasteiger charge is -2.21. The number of methoxy groups -OCH3 is 1. The summed E-state index contributed by atoms with van der Waals surface area (Å²) in [6, 6.07) is 11.4. The Morgan fingerprint density at radius 3 is 2.38 bits per heavy atom. The predicted molar refractivity (Wildman–Crippen MR) is 107 cm³/mol. The maximum Gasteiger partial charge on any atom is 0.342 e. The standard InChI is InChI=1S/C21H24N2O6/c1-13-5-7-15(8-6-13)22-19(25)12-23(3)20(26)14(2)29-21(27)17-10-9-16(28-4)11-18(17)24/h5-11,14,24H,12H2,1-4H3,(H,22,25)/t14-/m0/s1.